The minimum absolute atomic E-state index is 0.0219. The van der Waals surface area contributed by atoms with Gasteiger partial charge in [0.05, 0.1) is 25.3 Å². The van der Waals surface area contributed by atoms with Crippen LogP contribution >= 0.6 is 0 Å². The molecule has 9 heteroatoms. The number of hydrogen-bond donors (Lipinski definition) is 3. The smallest absolute Gasteiger partial charge is 0.315 e. The molecule has 0 aliphatic carbocycles. The number of rotatable bonds is 14. The Kier molecular flexibility index (Phi) is 10.1. The monoisotopic (exact) mass is 498 g/mol. The van der Waals surface area contributed by atoms with Gasteiger partial charge in [-0.05, 0) is 42.5 Å². The largest absolute Gasteiger partial charge is 0.508 e. The maximum Gasteiger partial charge on any atom is 0.315 e. The summed E-state index contributed by atoms with van der Waals surface area (Å²) in [7, 11) is 0. The summed E-state index contributed by atoms with van der Waals surface area (Å²) in [6.45, 7) is 13.4. The Morgan fingerprint density at radius 3 is 2.06 bits per heavy atom. The van der Waals surface area contributed by atoms with Gasteiger partial charge in [-0.15, -0.1) is 5.10 Å². The molecule has 0 spiro atoms. The third-order valence-corrected chi connectivity index (χ3v) is 6.02. The van der Waals surface area contributed by atoms with Crippen LogP contribution in [0.2, 0.25) is 0 Å². The highest BCUT2D eigenvalue weighted by atomic mass is 16.5. The Bertz CT molecular complexity index is 1090. The molecule has 0 saturated carbocycles. The Labute approximate surface area is 212 Å². The van der Waals surface area contributed by atoms with Crippen LogP contribution in [0, 0.1) is 0 Å². The van der Waals surface area contributed by atoms with Gasteiger partial charge in [0.15, 0.2) is 5.82 Å². The molecule has 3 rings (SSSR count). The van der Waals surface area contributed by atoms with Crippen LogP contribution in [0.3, 0.4) is 0 Å². The predicted molar refractivity (Wildman–Crippen MR) is 138 cm³/mol. The zero-order chi connectivity index (χ0) is 26.1. The highest BCUT2D eigenvalue weighted by molar-refractivity contribution is 5.68. The number of ether oxygens (including phenoxy) is 2. The lowest BCUT2D eigenvalue weighted by Crippen LogP contribution is -2.30. The first kappa shape index (κ1) is 27.4. The molecule has 0 aliphatic heterocycles. The quantitative estimate of drug-likeness (QED) is 0.285. The average molecular weight is 499 g/mol. The van der Waals surface area contributed by atoms with Crippen LogP contribution in [0.5, 0.6) is 17.5 Å². The summed E-state index contributed by atoms with van der Waals surface area (Å²) in [5, 5.41) is 39.0. The van der Waals surface area contributed by atoms with Crippen molar-refractivity contribution in [3.8, 4) is 28.9 Å². The van der Waals surface area contributed by atoms with Crippen molar-refractivity contribution in [2.45, 2.75) is 46.7 Å². The number of aromatic hydroxyl groups is 3. The molecule has 9 nitrogen and oxygen atoms in total. The van der Waals surface area contributed by atoms with E-state index in [1.54, 1.807) is 10.6 Å². The number of hydrogen-bond acceptors (Lipinski definition) is 8. The highest BCUT2D eigenvalue weighted by Gasteiger charge is 2.20. The summed E-state index contributed by atoms with van der Waals surface area (Å²) in [6.07, 6.45) is 0. The van der Waals surface area contributed by atoms with Crippen LogP contribution in [0.4, 0.5) is 0 Å². The van der Waals surface area contributed by atoms with Crippen LogP contribution in [0.1, 0.15) is 50.3 Å². The summed E-state index contributed by atoms with van der Waals surface area (Å²) in [6, 6.07) is 10.9. The molecule has 0 radical (unpaired) electrons. The maximum atomic E-state index is 10.5. The minimum atomic E-state index is -0.245. The van der Waals surface area contributed by atoms with E-state index in [1.807, 2.05) is 39.8 Å². The third kappa shape index (κ3) is 7.19. The van der Waals surface area contributed by atoms with Gasteiger partial charge in [-0.2, -0.15) is 0 Å². The zero-order valence-corrected chi connectivity index (χ0v) is 21.6. The topological polar surface area (TPSA) is 113 Å². The van der Waals surface area contributed by atoms with Crippen LogP contribution in [-0.2, 0) is 22.6 Å². The first-order valence-corrected chi connectivity index (χ1v) is 12.5. The van der Waals surface area contributed by atoms with Gasteiger partial charge in [-0.3, -0.25) is 9.47 Å². The van der Waals surface area contributed by atoms with Gasteiger partial charge in [0.25, 0.3) is 0 Å². The van der Waals surface area contributed by atoms with E-state index < -0.39 is 0 Å². The average Bonchev–Trinajstić information content (AvgIpc) is 3.20. The van der Waals surface area contributed by atoms with E-state index in [9.17, 15) is 15.3 Å². The maximum absolute atomic E-state index is 10.5. The van der Waals surface area contributed by atoms with Crippen molar-refractivity contribution < 1.29 is 24.8 Å². The Hall–Kier alpha value is -3.14. The molecule has 0 saturated heterocycles. The molecule has 2 aromatic carbocycles. The van der Waals surface area contributed by atoms with E-state index in [-0.39, 0.29) is 23.4 Å². The summed E-state index contributed by atoms with van der Waals surface area (Å²) >= 11 is 0. The third-order valence-electron chi connectivity index (χ3n) is 6.02. The molecule has 3 N–H and O–H groups in total. The van der Waals surface area contributed by atoms with Gasteiger partial charge in [0, 0.05) is 38.9 Å². The van der Waals surface area contributed by atoms with E-state index >= 15 is 0 Å². The van der Waals surface area contributed by atoms with Crippen LogP contribution in [0.15, 0.2) is 36.4 Å². The Morgan fingerprint density at radius 2 is 1.47 bits per heavy atom. The molecule has 0 unspecified atom stereocenters. The van der Waals surface area contributed by atoms with Gasteiger partial charge in [0.2, 0.25) is 0 Å². The lowest BCUT2D eigenvalue weighted by atomic mass is 9.98. The van der Waals surface area contributed by atoms with Crippen LogP contribution in [0.25, 0.3) is 11.4 Å². The Balaban J connectivity index is 1.76. The fourth-order valence-corrected chi connectivity index (χ4v) is 4.01. The first-order valence-electron chi connectivity index (χ1n) is 12.5. The van der Waals surface area contributed by atoms with E-state index in [0.29, 0.717) is 49.9 Å². The summed E-state index contributed by atoms with van der Waals surface area (Å²) in [5.41, 5.74) is 3.20. The van der Waals surface area contributed by atoms with E-state index in [2.05, 4.69) is 27.2 Å². The highest BCUT2D eigenvalue weighted by Crippen LogP contribution is 2.38. The normalized spacial score (nSPS) is 11.6. The van der Waals surface area contributed by atoms with Gasteiger partial charge in [0.1, 0.15) is 11.5 Å². The number of benzene rings is 2. The second-order valence-electron chi connectivity index (χ2n) is 8.98. The lowest BCUT2D eigenvalue weighted by molar-refractivity contribution is 0.0798. The Morgan fingerprint density at radius 1 is 0.861 bits per heavy atom. The molecule has 0 bridgehead atoms. The van der Waals surface area contributed by atoms with E-state index in [1.165, 1.54) is 6.07 Å². The number of phenols is 2. The fraction of sp³-hybridized carbons (Fsp3) is 0.481. The molecule has 36 heavy (non-hydrogen) atoms. The molecule has 0 aliphatic rings. The fourth-order valence-electron chi connectivity index (χ4n) is 4.01. The number of nitrogens with zero attached hydrogens (tertiary/aromatic N) is 4. The molecular formula is C27H38N4O5. The van der Waals surface area contributed by atoms with Crippen molar-refractivity contribution in [1.29, 1.82) is 0 Å². The van der Waals surface area contributed by atoms with Crippen molar-refractivity contribution in [1.82, 2.24) is 19.7 Å². The lowest BCUT2D eigenvalue weighted by Gasteiger charge is -2.22. The van der Waals surface area contributed by atoms with Crippen molar-refractivity contribution in [2.75, 3.05) is 39.5 Å². The SMILES string of the molecule is CCOCCN(CCOCC)Cc1ccc(Cn2c(O)nnc2-c2cc(C(C)C)c(O)cc2O)cc1. The van der Waals surface area contributed by atoms with Crippen LogP contribution in [-0.4, -0.2) is 74.5 Å². The van der Waals surface area contributed by atoms with Gasteiger partial charge in [-0.25, -0.2) is 0 Å². The minimum Gasteiger partial charge on any atom is -0.508 e. The number of aromatic nitrogens is 3. The molecule has 1 aromatic heterocycles. The molecule has 1 heterocycles. The molecular weight excluding hydrogens is 460 g/mol. The number of phenolic OH excluding ortho intramolecular Hbond substituents is 2. The van der Waals surface area contributed by atoms with Gasteiger partial charge in [-0.1, -0.05) is 43.2 Å². The standard InChI is InChI=1S/C27H38N4O5/c1-5-35-13-11-30(12-14-36-6-2)17-20-7-9-21(10-8-20)18-31-26(28-29-27(31)34)23-15-22(19(3)4)24(32)16-25(23)33/h7-10,15-16,19,32-33H,5-6,11-14,17-18H2,1-4H3,(H,29,34). The van der Waals surface area contributed by atoms with Crippen LogP contribution < -0.4 is 0 Å². The summed E-state index contributed by atoms with van der Waals surface area (Å²) in [4.78, 5) is 2.31. The molecule has 3 aromatic rings. The summed E-state index contributed by atoms with van der Waals surface area (Å²) in [5.74, 6) is 0.270. The molecule has 0 atom stereocenters. The second kappa shape index (κ2) is 13.2. The van der Waals surface area contributed by atoms with Gasteiger partial charge >= 0.3 is 6.01 Å². The van der Waals surface area contributed by atoms with Crippen molar-refractivity contribution in [2.24, 2.45) is 0 Å². The van der Waals surface area contributed by atoms with Crippen molar-refractivity contribution >= 4 is 0 Å². The van der Waals surface area contributed by atoms with Crippen molar-refractivity contribution in [3.05, 3.63) is 53.1 Å². The summed E-state index contributed by atoms with van der Waals surface area (Å²) < 4.78 is 12.6. The van der Waals surface area contributed by atoms with E-state index in [0.717, 1.165) is 30.8 Å². The molecule has 0 amide bonds. The predicted octanol–water partition coefficient (Wildman–Crippen LogP) is 4.11. The van der Waals surface area contributed by atoms with E-state index in [4.69, 9.17) is 9.47 Å². The first-order chi connectivity index (χ1) is 17.3. The van der Waals surface area contributed by atoms with Crippen molar-refractivity contribution in [3.63, 3.8) is 0 Å². The van der Waals surface area contributed by atoms with Gasteiger partial charge < -0.3 is 24.8 Å². The second-order valence-corrected chi connectivity index (χ2v) is 8.98. The molecule has 196 valence electrons. The molecule has 0 fully saturated rings. The zero-order valence-electron chi connectivity index (χ0n) is 21.6.